The number of nitrogens with zero attached hydrogens (tertiary/aromatic N) is 3. The molecular weight excluding hydrogens is 335 g/mol. The van der Waals surface area contributed by atoms with Crippen LogP contribution in [-0.2, 0) is 4.79 Å². The minimum atomic E-state index is -0.481. The zero-order valence-electron chi connectivity index (χ0n) is 14.7. The van der Waals surface area contributed by atoms with Crippen molar-refractivity contribution >= 4 is 17.6 Å². The summed E-state index contributed by atoms with van der Waals surface area (Å²) in [6.07, 6.45) is 2.93. The highest BCUT2D eigenvalue weighted by Crippen LogP contribution is 2.24. The Morgan fingerprint density at radius 2 is 1.85 bits per heavy atom. The molecule has 2 heterocycles. The van der Waals surface area contributed by atoms with E-state index >= 15 is 0 Å². The van der Waals surface area contributed by atoms with Crippen molar-refractivity contribution < 1.29 is 14.0 Å². The molecule has 26 heavy (non-hydrogen) atoms. The van der Waals surface area contributed by atoms with Gasteiger partial charge in [-0.2, -0.15) is 5.26 Å². The summed E-state index contributed by atoms with van der Waals surface area (Å²) in [7, 11) is 0. The van der Waals surface area contributed by atoms with Gasteiger partial charge >= 0.3 is 6.03 Å². The Balaban J connectivity index is 1.57. The molecule has 2 saturated heterocycles. The van der Waals surface area contributed by atoms with Gasteiger partial charge in [-0.1, -0.05) is 12.1 Å². The van der Waals surface area contributed by atoms with Gasteiger partial charge in [0.25, 0.3) is 0 Å². The van der Waals surface area contributed by atoms with Gasteiger partial charge in [-0.05, 0) is 37.8 Å². The fourth-order valence-electron chi connectivity index (χ4n) is 3.61. The average Bonchev–Trinajstić information content (AvgIpc) is 2.69. The molecule has 1 aromatic carbocycles. The smallest absolute Gasteiger partial charge is 0.321 e. The molecule has 138 valence electrons. The Bertz CT molecular complexity index is 710. The number of nitrogens with one attached hydrogen (secondary N) is 1. The first-order chi connectivity index (χ1) is 12.6. The predicted octanol–water partition coefficient (Wildman–Crippen LogP) is 2.83. The Hall–Kier alpha value is -2.62. The molecule has 2 fully saturated rings. The summed E-state index contributed by atoms with van der Waals surface area (Å²) in [5.41, 5.74) is 0.143. The molecule has 0 aromatic heterocycles. The number of para-hydroxylation sites is 1. The molecule has 0 bridgehead atoms. The number of piperidine rings is 2. The minimum Gasteiger partial charge on any atom is -0.342 e. The van der Waals surface area contributed by atoms with Crippen molar-refractivity contribution in [3.05, 3.63) is 30.1 Å². The maximum atomic E-state index is 13.7. The van der Waals surface area contributed by atoms with Gasteiger partial charge in [0.1, 0.15) is 5.82 Å². The number of amides is 3. The Labute approximate surface area is 152 Å². The largest absolute Gasteiger partial charge is 0.342 e. The summed E-state index contributed by atoms with van der Waals surface area (Å²) in [6, 6.07) is 7.92. The maximum Gasteiger partial charge on any atom is 0.321 e. The molecule has 0 spiro atoms. The van der Waals surface area contributed by atoms with Gasteiger partial charge in [0.15, 0.2) is 0 Å². The van der Waals surface area contributed by atoms with E-state index < -0.39 is 5.82 Å². The molecule has 0 aliphatic carbocycles. The Morgan fingerprint density at radius 1 is 1.12 bits per heavy atom. The van der Waals surface area contributed by atoms with E-state index in [9.17, 15) is 14.0 Å². The van der Waals surface area contributed by atoms with Crippen molar-refractivity contribution in [2.75, 3.05) is 31.5 Å². The fourth-order valence-corrected chi connectivity index (χ4v) is 3.61. The fraction of sp³-hybridized carbons (Fsp3) is 0.526. The van der Waals surface area contributed by atoms with Crippen LogP contribution >= 0.6 is 0 Å². The molecular formula is C19H23FN4O2. The Morgan fingerprint density at radius 3 is 2.54 bits per heavy atom. The second kappa shape index (κ2) is 8.17. The van der Waals surface area contributed by atoms with Crippen LogP contribution in [0.4, 0.5) is 14.9 Å². The molecule has 1 atom stereocenters. The van der Waals surface area contributed by atoms with Crippen molar-refractivity contribution in [1.29, 1.82) is 5.26 Å². The summed E-state index contributed by atoms with van der Waals surface area (Å²) in [5.74, 6) is -0.613. The average molecular weight is 358 g/mol. The molecule has 7 heteroatoms. The van der Waals surface area contributed by atoms with Crippen molar-refractivity contribution in [3.8, 4) is 6.07 Å². The number of hydrogen-bond acceptors (Lipinski definition) is 3. The molecule has 1 aromatic rings. The van der Waals surface area contributed by atoms with Crippen LogP contribution in [0.1, 0.15) is 25.7 Å². The van der Waals surface area contributed by atoms with Gasteiger partial charge in [-0.3, -0.25) is 4.79 Å². The predicted molar refractivity (Wildman–Crippen MR) is 94.6 cm³/mol. The summed E-state index contributed by atoms with van der Waals surface area (Å²) >= 11 is 0. The standard InChI is InChI=1S/C19H23FN4O2/c20-16-5-1-2-6-17(16)22-19(26)24-9-3-4-15(13-24)18(25)23-10-7-14(12-21)8-11-23/h1-2,5-6,14-15H,3-4,7-11,13H2,(H,22,26). The highest BCUT2D eigenvalue weighted by molar-refractivity contribution is 5.90. The van der Waals surface area contributed by atoms with Crippen LogP contribution in [0.2, 0.25) is 0 Å². The van der Waals surface area contributed by atoms with Gasteiger partial charge in [-0.15, -0.1) is 0 Å². The molecule has 1 unspecified atom stereocenters. The molecule has 2 aliphatic heterocycles. The van der Waals surface area contributed by atoms with Crippen molar-refractivity contribution in [2.24, 2.45) is 11.8 Å². The van der Waals surface area contributed by atoms with E-state index in [-0.39, 0.29) is 29.5 Å². The van der Waals surface area contributed by atoms with Gasteiger partial charge < -0.3 is 15.1 Å². The zero-order chi connectivity index (χ0) is 18.5. The first-order valence-electron chi connectivity index (χ1n) is 9.07. The minimum absolute atomic E-state index is 0.0356. The Kier molecular flexibility index (Phi) is 5.71. The van der Waals surface area contributed by atoms with Crippen molar-refractivity contribution in [1.82, 2.24) is 9.80 Å². The third-order valence-corrected chi connectivity index (χ3v) is 5.16. The topological polar surface area (TPSA) is 76.4 Å². The molecule has 0 saturated carbocycles. The SMILES string of the molecule is N#CC1CCN(C(=O)C2CCCN(C(=O)Nc3ccccc3F)C2)CC1. The first-order valence-corrected chi connectivity index (χ1v) is 9.07. The number of benzene rings is 1. The second-order valence-corrected chi connectivity index (χ2v) is 6.92. The van der Waals surface area contributed by atoms with E-state index in [1.54, 1.807) is 17.0 Å². The van der Waals surface area contributed by atoms with Crippen LogP contribution in [0.25, 0.3) is 0 Å². The van der Waals surface area contributed by atoms with Gasteiger partial charge in [0, 0.05) is 32.1 Å². The lowest BCUT2D eigenvalue weighted by molar-refractivity contribution is -0.138. The number of anilines is 1. The van der Waals surface area contributed by atoms with Crippen LogP contribution < -0.4 is 5.32 Å². The van der Waals surface area contributed by atoms with E-state index in [4.69, 9.17) is 5.26 Å². The van der Waals surface area contributed by atoms with Crippen LogP contribution in [0, 0.1) is 29.0 Å². The third-order valence-electron chi connectivity index (χ3n) is 5.16. The van der Waals surface area contributed by atoms with Gasteiger partial charge in [0.2, 0.25) is 5.91 Å². The second-order valence-electron chi connectivity index (χ2n) is 6.92. The monoisotopic (exact) mass is 358 g/mol. The van der Waals surface area contributed by atoms with E-state index in [1.165, 1.54) is 12.1 Å². The molecule has 3 amide bonds. The molecule has 6 nitrogen and oxygen atoms in total. The summed E-state index contributed by atoms with van der Waals surface area (Å²) < 4.78 is 13.7. The highest BCUT2D eigenvalue weighted by Gasteiger charge is 2.33. The van der Waals surface area contributed by atoms with Crippen LogP contribution in [0.15, 0.2) is 24.3 Å². The lowest BCUT2D eigenvalue weighted by Crippen LogP contribution is -2.49. The van der Waals surface area contributed by atoms with Crippen molar-refractivity contribution in [2.45, 2.75) is 25.7 Å². The highest BCUT2D eigenvalue weighted by atomic mass is 19.1. The normalized spacial score (nSPS) is 21.2. The van der Waals surface area contributed by atoms with Crippen LogP contribution in [0.3, 0.4) is 0 Å². The maximum absolute atomic E-state index is 13.7. The number of hydrogen-bond donors (Lipinski definition) is 1. The molecule has 3 rings (SSSR count). The number of nitriles is 1. The molecule has 1 N–H and O–H groups in total. The summed E-state index contributed by atoms with van der Waals surface area (Å²) in [5, 5.41) is 11.6. The molecule has 0 radical (unpaired) electrons. The number of urea groups is 1. The number of carbonyl (C=O) groups is 2. The van der Waals surface area contributed by atoms with Crippen molar-refractivity contribution in [3.63, 3.8) is 0 Å². The van der Waals surface area contributed by atoms with E-state index in [0.29, 0.717) is 39.0 Å². The summed E-state index contributed by atoms with van der Waals surface area (Å²) in [4.78, 5) is 28.6. The number of rotatable bonds is 2. The third kappa shape index (κ3) is 4.13. The first kappa shape index (κ1) is 18.2. The number of halogens is 1. The van der Waals surface area contributed by atoms with Gasteiger partial charge in [-0.25, -0.2) is 9.18 Å². The quantitative estimate of drug-likeness (QED) is 0.883. The number of likely N-dealkylation sites (tertiary alicyclic amines) is 2. The van der Waals surface area contributed by atoms with E-state index in [2.05, 4.69) is 11.4 Å². The van der Waals surface area contributed by atoms with Crippen LogP contribution in [-0.4, -0.2) is 47.9 Å². The lowest BCUT2D eigenvalue weighted by Gasteiger charge is -2.36. The number of carbonyl (C=O) groups excluding carboxylic acids is 2. The summed E-state index contributed by atoms with van der Waals surface area (Å²) in [6.45, 7) is 2.11. The van der Waals surface area contributed by atoms with E-state index in [0.717, 1.165) is 12.8 Å². The molecule has 2 aliphatic rings. The lowest BCUT2D eigenvalue weighted by atomic mass is 9.93. The van der Waals surface area contributed by atoms with Crippen LogP contribution in [0.5, 0.6) is 0 Å². The van der Waals surface area contributed by atoms with Gasteiger partial charge in [0.05, 0.1) is 17.7 Å². The van der Waals surface area contributed by atoms with E-state index in [1.807, 2.05) is 4.90 Å². The zero-order valence-corrected chi connectivity index (χ0v) is 14.7.